The molecule has 0 bridgehead atoms. The summed E-state index contributed by atoms with van der Waals surface area (Å²) in [5.41, 5.74) is 9.89. The molecule has 1 nitrogen and oxygen atoms in total. The summed E-state index contributed by atoms with van der Waals surface area (Å²) >= 11 is 0. The van der Waals surface area contributed by atoms with Crippen molar-refractivity contribution in [3.63, 3.8) is 0 Å². The Balaban J connectivity index is 2.23. The van der Waals surface area contributed by atoms with Gasteiger partial charge in [-0.3, -0.25) is 0 Å². The average molecular weight is 247 g/mol. The summed E-state index contributed by atoms with van der Waals surface area (Å²) in [7, 11) is 0. The Bertz CT molecular complexity index is 875. The summed E-state index contributed by atoms with van der Waals surface area (Å²) < 4.78 is 0. The minimum absolute atomic E-state index is 0.851. The van der Waals surface area contributed by atoms with Crippen molar-refractivity contribution in [3.8, 4) is 0 Å². The van der Waals surface area contributed by atoms with Crippen LogP contribution in [0.4, 0.5) is 5.69 Å². The molecule has 0 aliphatic heterocycles. The van der Waals surface area contributed by atoms with Crippen LogP contribution < -0.4 is 16.2 Å². The summed E-state index contributed by atoms with van der Waals surface area (Å²) in [5.74, 6) is 0. The molecule has 0 heterocycles. The van der Waals surface area contributed by atoms with Crippen LogP contribution in [0.15, 0.2) is 30.3 Å². The van der Waals surface area contributed by atoms with Crippen molar-refractivity contribution in [1.82, 2.24) is 0 Å². The van der Waals surface area contributed by atoms with Crippen LogP contribution in [0.3, 0.4) is 0 Å². The van der Waals surface area contributed by atoms with E-state index in [1.165, 1.54) is 45.7 Å². The van der Waals surface area contributed by atoms with Crippen molar-refractivity contribution >= 4 is 17.8 Å². The van der Waals surface area contributed by atoms with E-state index in [-0.39, 0.29) is 0 Å². The zero-order valence-electron chi connectivity index (χ0n) is 10.9. The molecule has 0 radical (unpaired) electrons. The summed E-state index contributed by atoms with van der Waals surface area (Å²) in [6.07, 6.45) is 9.51. The lowest BCUT2D eigenvalue weighted by molar-refractivity contribution is 0.824. The topological polar surface area (TPSA) is 26.0 Å². The molecular formula is C18H17N. The van der Waals surface area contributed by atoms with Crippen LogP contribution >= 0.6 is 0 Å². The molecule has 2 aromatic rings. The van der Waals surface area contributed by atoms with Crippen LogP contribution in [0.5, 0.6) is 0 Å². The first-order valence-electron chi connectivity index (χ1n) is 7.04. The zero-order valence-corrected chi connectivity index (χ0v) is 10.9. The lowest BCUT2D eigenvalue weighted by Crippen LogP contribution is -2.19. The highest BCUT2D eigenvalue weighted by Gasteiger charge is 2.11. The van der Waals surface area contributed by atoms with E-state index in [0.29, 0.717) is 0 Å². The Kier molecular flexibility index (Phi) is 2.28. The van der Waals surface area contributed by atoms with Crippen LogP contribution in [-0.4, -0.2) is 0 Å². The molecule has 0 amide bonds. The minimum Gasteiger partial charge on any atom is -0.399 e. The van der Waals surface area contributed by atoms with Crippen molar-refractivity contribution in [1.29, 1.82) is 0 Å². The third-order valence-electron chi connectivity index (χ3n) is 4.36. The summed E-state index contributed by atoms with van der Waals surface area (Å²) in [6, 6.07) is 10.8. The SMILES string of the molecule is Nc1ccc2c(c1)=c1ccc3c(c1CC=2)CCCC=3. The van der Waals surface area contributed by atoms with Crippen LogP contribution in [-0.2, 0) is 12.8 Å². The number of benzene rings is 2. The molecule has 0 aromatic heterocycles. The highest BCUT2D eigenvalue weighted by molar-refractivity contribution is 5.50. The number of hydrogen-bond donors (Lipinski definition) is 1. The number of nitrogen functional groups attached to an aromatic ring is 1. The zero-order chi connectivity index (χ0) is 12.8. The summed E-state index contributed by atoms with van der Waals surface area (Å²) in [6.45, 7) is 0. The number of anilines is 1. The third kappa shape index (κ3) is 1.61. The highest BCUT2D eigenvalue weighted by Crippen LogP contribution is 2.17. The second-order valence-corrected chi connectivity index (χ2v) is 5.51. The van der Waals surface area contributed by atoms with Crippen LogP contribution in [0.2, 0.25) is 0 Å². The summed E-state index contributed by atoms with van der Waals surface area (Å²) in [5, 5.41) is 5.46. The maximum absolute atomic E-state index is 5.96. The predicted octanol–water partition coefficient (Wildman–Crippen LogP) is 2.01. The molecule has 2 aliphatic carbocycles. The van der Waals surface area contributed by atoms with Gasteiger partial charge < -0.3 is 5.73 Å². The first-order valence-corrected chi connectivity index (χ1v) is 7.04. The predicted molar refractivity (Wildman–Crippen MR) is 79.8 cm³/mol. The van der Waals surface area contributed by atoms with E-state index in [4.69, 9.17) is 5.73 Å². The average Bonchev–Trinajstić information content (AvgIpc) is 2.46. The molecule has 4 rings (SSSR count). The van der Waals surface area contributed by atoms with E-state index in [9.17, 15) is 0 Å². The normalized spacial score (nSPS) is 15.6. The van der Waals surface area contributed by atoms with Gasteiger partial charge in [0.25, 0.3) is 0 Å². The summed E-state index contributed by atoms with van der Waals surface area (Å²) in [4.78, 5) is 0. The van der Waals surface area contributed by atoms with Gasteiger partial charge in [-0.2, -0.15) is 0 Å². The number of rotatable bonds is 0. The molecule has 0 fully saturated rings. The quantitative estimate of drug-likeness (QED) is 0.708. The van der Waals surface area contributed by atoms with Gasteiger partial charge in [0.05, 0.1) is 0 Å². The van der Waals surface area contributed by atoms with E-state index in [0.717, 1.165) is 12.1 Å². The molecule has 19 heavy (non-hydrogen) atoms. The van der Waals surface area contributed by atoms with E-state index < -0.39 is 0 Å². The van der Waals surface area contributed by atoms with Gasteiger partial charge >= 0.3 is 0 Å². The van der Waals surface area contributed by atoms with Gasteiger partial charge in [0, 0.05) is 5.69 Å². The molecule has 0 unspecified atom stereocenters. The van der Waals surface area contributed by atoms with Gasteiger partial charge in [-0.25, -0.2) is 0 Å². The largest absolute Gasteiger partial charge is 0.399 e. The Labute approximate surface area is 112 Å². The molecular weight excluding hydrogens is 230 g/mol. The lowest BCUT2D eigenvalue weighted by atomic mass is 9.89. The molecule has 94 valence electrons. The molecule has 0 atom stereocenters. The monoisotopic (exact) mass is 247 g/mol. The molecule has 2 aromatic carbocycles. The molecule has 2 aliphatic rings. The number of fused-ring (bicyclic) bond motifs is 4. The Hall–Kier alpha value is -2.02. The van der Waals surface area contributed by atoms with Crippen LogP contribution in [0.1, 0.15) is 24.0 Å². The van der Waals surface area contributed by atoms with E-state index in [2.05, 4.69) is 36.4 Å². The van der Waals surface area contributed by atoms with Gasteiger partial charge in [-0.1, -0.05) is 30.4 Å². The Morgan fingerprint density at radius 2 is 1.74 bits per heavy atom. The van der Waals surface area contributed by atoms with Crippen molar-refractivity contribution in [2.24, 2.45) is 0 Å². The smallest absolute Gasteiger partial charge is 0.0320 e. The van der Waals surface area contributed by atoms with Crippen molar-refractivity contribution in [2.45, 2.75) is 25.7 Å². The number of hydrogen-bond acceptors (Lipinski definition) is 1. The second kappa shape index (κ2) is 3.99. The van der Waals surface area contributed by atoms with Gasteiger partial charge in [-0.05, 0) is 69.8 Å². The molecule has 0 spiro atoms. The minimum atomic E-state index is 0.851. The molecule has 0 saturated heterocycles. The van der Waals surface area contributed by atoms with E-state index in [1.54, 1.807) is 5.56 Å². The van der Waals surface area contributed by atoms with E-state index >= 15 is 0 Å². The van der Waals surface area contributed by atoms with Crippen molar-refractivity contribution in [3.05, 3.63) is 62.3 Å². The Morgan fingerprint density at radius 1 is 0.842 bits per heavy atom. The van der Waals surface area contributed by atoms with Crippen LogP contribution in [0.25, 0.3) is 12.2 Å². The number of nitrogens with two attached hydrogens (primary N) is 1. The van der Waals surface area contributed by atoms with Gasteiger partial charge in [0.2, 0.25) is 0 Å². The fraction of sp³-hybridized carbons (Fsp3) is 0.222. The van der Waals surface area contributed by atoms with Gasteiger partial charge in [0.15, 0.2) is 0 Å². The maximum atomic E-state index is 5.96. The standard InChI is InChI=1S/C18H17N/c19-14-8-5-13-7-9-16-15-4-2-1-3-12(15)6-10-17(16)18(13)11-14/h3,5-8,10-11H,1-2,4,9,19H2. The fourth-order valence-corrected chi connectivity index (χ4v) is 3.42. The van der Waals surface area contributed by atoms with Crippen molar-refractivity contribution < 1.29 is 0 Å². The molecule has 2 N–H and O–H groups in total. The third-order valence-corrected chi connectivity index (χ3v) is 4.36. The fourth-order valence-electron chi connectivity index (χ4n) is 3.42. The molecule has 1 heteroatoms. The first-order chi connectivity index (χ1) is 9.33. The highest BCUT2D eigenvalue weighted by atomic mass is 14.5. The van der Waals surface area contributed by atoms with E-state index in [1.807, 2.05) is 6.07 Å². The Morgan fingerprint density at radius 3 is 2.68 bits per heavy atom. The van der Waals surface area contributed by atoms with Crippen LogP contribution in [0, 0.1) is 10.4 Å². The lowest BCUT2D eigenvalue weighted by Gasteiger charge is -2.16. The van der Waals surface area contributed by atoms with Crippen molar-refractivity contribution in [2.75, 3.05) is 5.73 Å². The maximum Gasteiger partial charge on any atom is 0.0320 e. The van der Waals surface area contributed by atoms with Gasteiger partial charge in [-0.15, -0.1) is 0 Å². The molecule has 0 saturated carbocycles. The van der Waals surface area contributed by atoms with Gasteiger partial charge in [0.1, 0.15) is 0 Å². The first kappa shape index (κ1) is 10.9. The second-order valence-electron chi connectivity index (χ2n) is 5.51.